The van der Waals surface area contributed by atoms with Crippen LogP contribution in [0.4, 0.5) is 0 Å². The van der Waals surface area contributed by atoms with Crippen molar-refractivity contribution in [3.05, 3.63) is 20.8 Å². The molecule has 3 N–H and O–H groups in total. The number of piperidine rings is 1. The molecule has 1 aromatic rings. The summed E-state index contributed by atoms with van der Waals surface area (Å²) in [6.07, 6.45) is 1.86. The molecule has 0 radical (unpaired) electrons. The topological polar surface area (TPSA) is 75.6 Å². The quantitative estimate of drug-likeness (QED) is 0.700. The summed E-state index contributed by atoms with van der Waals surface area (Å²) in [6, 6.07) is 1.80. The zero-order valence-electron chi connectivity index (χ0n) is 9.86. The predicted octanol–water partition coefficient (Wildman–Crippen LogP) is 1.16. The third-order valence-corrected chi connectivity index (χ3v) is 5.96. The number of nitrogens with two attached hydrogens (primary N) is 1. The SMILES string of the molecule is NC1=N[C@@H]2CCCN3C(=O)c4cc(Br)c(Br)n4[C@@]23N1. The minimum absolute atomic E-state index is 0.0218. The summed E-state index contributed by atoms with van der Waals surface area (Å²) in [5.74, 6) is -0.248. The highest BCUT2D eigenvalue weighted by Gasteiger charge is 2.60. The van der Waals surface area contributed by atoms with E-state index in [1.807, 2.05) is 15.5 Å². The van der Waals surface area contributed by atoms with Crippen LogP contribution in [0, 0.1) is 0 Å². The van der Waals surface area contributed by atoms with Gasteiger partial charge in [0.05, 0.1) is 4.47 Å². The molecule has 2 atom stereocenters. The number of amides is 1. The summed E-state index contributed by atoms with van der Waals surface area (Å²) in [5.41, 5.74) is 6.52. The Morgan fingerprint density at radius 3 is 3.11 bits per heavy atom. The van der Waals surface area contributed by atoms with Gasteiger partial charge in [-0.1, -0.05) is 0 Å². The van der Waals surface area contributed by atoms with Crippen LogP contribution in [0.3, 0.4) is 0 Å². The molecule has 0 bridgehead atoms. The fourth-order valence-corrected chi connectivity index (χ4v) is 4.33. The summed E-state index contributed by atoms with van der Waals surface area (Å²) in [5, 5.41) is 3.22. The van der Waals surface area contributed by atoms with E-state index in [2.05, 4.69) is 42.2 Å². The van der Waals surface area contributed by atoms with E-state index in [1.54, 1.807) is 0 Å². The molecule has 0 aliphatic carbocycles. The molecule has 19 heavy (non-hydrogen) atoms. The molecule has 0 saturated carbocycles. The fourth-order valence-electron chi connectivity index (χ4n) is 3.36. The number of nitrogens with one attached hydrogen (secondary N) is 1. The lowest BCUT2D eigenvalue weighted by atomic mass is 9.98. The number of halogens is 2. The molecule has 1 saturated heterocycles. The van der Waals surface area contributed by atoms with E-state index >= 15 is 0 Å². The van der Waals surface area contributed by atoms with Gasteiger partial charge in [0.2, 0.25) is 5.79 Å². The van der Waals surface area contributed by atoms with Crippen molar-refractivity contribution in [2.75, 3.05) is 6.54 Å². The maximum atomic E-state index is 12.6. The Morgan fingerprint density at radius 2 is 2.32 bits per heavy atom. The molecule has 0 unspecified atom stereocenters. The molecule has 6 nitrogen and oxygen atoms in total. The zero-order chi connectivity index (χ0) is 13.4. The Labute approximate surface area is 126 Å². The van der Waals surface area contributed by atoms with Crippen molar-refractivity contribution in [3.8, 4) is 0 Å². The van der Waals surface area contributed by atoms with Crippen LogP contribution in [-0.2, 0) is 5.79 Å². The van der Waals surface area contributed by atoms with Gasteiger partial charge in [0, 0.05) is 6.54 Å². The number of rotatable bonds is 0. The molecule has 1 aromatic heterocycles. The van der Waals surface area contributed by atoms with E-state index in [0.717, 1.165) is 28.5 Å². The van der Waals surface area contributed by atoms with E-state index in [9.17, 15) is 4.79 Å². The first-order valence-electron chi connectivity index (χ1n) is 6.06. The molecule has 3 aliphatic rings. The van der Waals surface area contributed by atoms with Crippen LogP contribution in [0.15, 0.2) is 20.1 Å². The molecule has 1 fully saturated rings. The van der Waals surface area contributed by atoms with Crippen LogP contribution in [0.2, 0.25) is 0 Å². The Hall–Kier alpha value is -1.02. The molecule has 3 aliphatic heterocycles. The summed E-state index contributed by atoms with van der Waals surface area (Å²) < 4.78 is 3.66. The van der Waals surface area contributed by atoms with Gasteiger partial charge < -0.3 is 11.1 Å². The third kappa shape index (κ3) is 1.22. The van der Waals surface area contributed by atoms with Gasteiger partial charge in [-0.05, 0) is 50.8 Å². The Bertz CT molecular complexity index is 639. The number of carbonyl (C=O) groups excluding carboxylic acids is 1. The van der Waals surface area contributed by atoms with Gasteiger partial charge in [-0.25, -0.2) is 4.99 Å². The largest absolute Gasteiger partial charge is 0.370 e. The number of hydrogen-bond donors (Lipinski definition) is 2. The second kappa shape index (κ2) is 3.54. The van der Waals surface area contributed by atoms with Crippen molar-refractivity contribution in [2.45, 2.75) is 24.7 Å². The molecule has 8 heteroatoms. The van der Waals surface area contributed by atoms with Gasteiger partial charge in [-0.3, -0.25) is 14.3 Å². The highest BCUT2D eigenvalue weighted by Crippen LogP contribution is 2.46. The number of nitrogens with zero attached hydrogens (tertiary/aromatic N) is 3. The van der Waals surface area contributed by atoms with Crippen LogP contribution in [0.1, 0.15) is 23.3 Å². The van der Waals surface area contributed by atoms with Crippen LogP contribution in [-0.4, -0.2) is 33.9 Å². The number of fused-ring (bicyclic) bond motifs is 1. The maximum absolute atomic E-state index is 12.6. The van der Waals surface area contributed by atoms with Crippen LogP contribution in [0.25, 0.3) is 0 Å². The number of guanidine groups is 1. The minimum atomic E-state index is -0.667. The lowest BCUT2D eigenvalue weighted by Gasteiger charge is -2.43. The van der Waals surface area contributed by atoms with E-state index in [0.29, 0.717) is 11.7 Å². The average molecular weight is 389 g/mol. The Kier molecular flexibility index (Phi) is 2.20. The third-order valence-electron chi connectivity index (χ3n) is 4.05. The first-order chi connectivity index (χ1) is 9.05. The highest BCUT2D eigenvalue weighted by molar-refractivity contribution is 9.13. The molecule has 100 valence electrons. The van der Waals surface area contributed by atoms with Gasteiger partial charge in [-0.2, -0.15) is 0 Å². The molecular formula is C11H11Br2N5O. The van der Waals surface area contributed by atoms with E-state index in [4.69, 9.17) is 5.73 Å². The van der Waals surface area contributed by atoms with Gasteiger partial charge in [0.25, 0.3) is 5.91 Å². The van der Waals surface area contributed by atoms with Gasteiger partial charge >= 0.3 is 0 Å². The average Bonchev–Trinajstić information content (AvgIpc) is 2.92. The van der Waals surface area contributed by atoms with Crippen LogP contribution < -0.4 is 11.1 Å². The molecule has 0 aromatic carbocycles. The van der Waals surface area contributed by atoms with Crippen LogP contribution in [0.5, 0.6) is 0 Å². The number of carbonyl (C=O) groups is 1. The van der Waals surface area contributed by atoms with E-state index in [1.165, 1.54) is 0 Å². The van der Waals surface area contributed by atoms with Crippen molar-refractivity contribution < 1.29 is 4.79 Å². The van der Waals surface area contributed by atoms with Crippen molar-refractivity contribution in [2.24, 2.45) is 10.7 Å². The fraction of sp³-hybridized carbons (Fsp3) is 0.455. The zero-order valence-corrected chi connectivity index (χ0v) is 13.0. The number of hydrogen-bond acceptors (Lipinski definition) is 4. The lowest BCUT2D eigenvalue weighted by Crippen LogP contribution is -2.64. The standard InChI is InChI=1S/C11H11Br2N5O/c12-5-4-6-9(19)17-3-1-2-7-11(17,16-10(14)15-7)18(6)8(5)13/h4,7H,1-3H2,(H3,14,15,16)/t7-,11-/m1/s1. The summed E-state index contributed by atoms with van der Waals surface area (Å²) in [6.45, 7) is 0.719. The normalized spacial score (nSPS) is 31.7. The number of aliphatic imine (C=N–C) groups is 1. The first-order valence-corrected chi connectivity index (χ1v) is 7.65. The molecule has 1 spiro atoms. The van der Waals surface area contributed by atoms with Crippen molar-refractivity contribution in [1.82, 2.24) is 14.8 Å². The smallest absolute Gasteiger partial charge is 0.274 e. The van der Waals surface area contributed by atoms with E-state index < -0.39 is 5.79 Å². The van der Waals surface area contributed by atoms with Crippen molar-refractivity contribution in [3.63, 3.8) is 0 Å². The maximum Gasteiger partial charge on any atom is 0.274 e. The second-order valence-electron chi connectivity index (χ2n) is 4.98. The predicted molar refractivity (Wildman–Crippen MR) is 76.6 cm³/mol. The van der Waals surface area contributed by atoms with Gasteiger partial charge in [-0.15, -0.1) is 0 Å². The van der Waals surface area contributed by atoms with Crippen molar-refractivity contribution >= 4 is 43.7 Å². The first kappa shape index (κ1) is 11.8. The molecular weight excluding hydrogens is 378 g/mol. The lowest BCUT2D eigenvalue weighted by molar-refractivity contribution is -0.00296. The van der Waals surface area contributed by atoms with Gasteiger partial charge in [0.15, 0.2) is 5.96 Å². The van der Waals surface area contributed by atoms with Gasteiger partial charge in [0.1, 0.15) is 16.3 Å². The Balaban J connectivity index is 2.00. The Morgan fingerprint density at radius 1 is 1.53 bits per heavy atom. The minimum Gasteiger partial charge on any atom is -0.370 e. The van der Waals surface area contributed by atoms with E-state index in [-0.39, 0.29) is 11.9 Å². The summed E-state index contributed by atoms with van der Waals surface area (Å²) >= 11 is 7.01. The molecule has 1 amide bonds. The number of aromatic nitrogens is 1. The monoisotopic (exact) mass is 387 g/mol. The van der Waals surface area contributed by atoms with Crippen LogP contribution >= 0.6 is 31.9 Å². The van der Waals surface area contributed by atoms with Crippen molar-refractivity contribution in [1.29, 1.82) is 0 Å². The second-order valence-corrected chi connectivity index (χ2v) is 6.59. The molecule has 4 rings (SSSR count). The summed E-state index contributed by atoms with van der Waals surface area (Å²) in [4.78, 5) is 18.9. The molecule has 4 heterocycles. The summed E-state index contributed by atoms with van der Waals surface area (Å²) in [7, 11) is 0. The highest BCUT2D eigenvalue weighted by atomic mass is 79.9.